The van der Waals surface area contributed by atoms with Crippen LogP contribution in [0.2, 0.25) is 0 Å². The Hall–Kier alpha value is -2.22. The number of nitrogens with zero attached hydrogens (tertiary/aromatic N) is 2. The van der Waals surface area contributed by atoms with E-state index in [1.807, 2.05) is 40.9 Å². The van der Waals surface area contributed by atoms with Crippen molar-refractivity contribution in [2.75, 3.05) is 38.5 Å². The van der Waals surface area contributed by atoms with Crippen LogP contribution in [0.15, 0.2) is 24.3 Å². The lowest BCUT2D eigenvalue weighted by molar-refractivity contribution is -0.141. The van der Waals surface area contributed by atoms with Crippen LogP contribution in [-0.4, -0.2) is 71.1 Å². The summed E-state index contributed by atoms with van der Waals surface area (Å²) in [5.41, 5.74) is 1.97. The third-order valence-corrected chi connectivity index (χ3v) is 7.49. The van der Waals surface area contributed by atoms with E-state index < -0.39 is 5.97 Å². The van der Waals surface area contributed by atoms with Crippen LogP contribution in [0.4, 0.5) is 4.79 Å². The Morgan fingerprint density at radius 2 is 1.74 bits per heavy atom. The number of hydrogen-bond acceptors (Lipinski definition) is 5. The van der Waals surface area contributed by atoms with Crippen molar-refractivity contribution in [3.05, 3.63) is 35.4 Å². The zero-order valence-electron chi connectivity index (χ0n) is 18.9. The van der Waals surface area contributed by atoms with Gasteiger partial charge in [-0.1, -0.05) is 32.9 Å². The first kappa shape index (κ1) is 23.4. The van der Waals surface area contributed by atoms with E-state index in [2.05, 4.69) is 26.1 Å². The third-order valence-electron chi connectivity index (χ3n) is 5.94. The highest BCUT2D eigenvalue weighted by Gasteiger charge is 2.47. The molecule has 31 heavy (non-hydrogen) atoms. The maximum absolute atomic E-state index is 13.3. The van der Waals surface area contributed by atoms with Gasteiger partial charge < -0.3 is 19.9 Å². The normalized spacial score (nSPS) is 18.2. The molecule has 2 heterocycles. The van der Waals surface area contributed by atoms with Crippen molar-refractivity contribution in [2.45, 2.75) is 50.8 Å². The minimum atomic E-state index is -0.440. The molecule has 3 amide bonds. The third kappa shape index (κ3) is 5.34. The molecule has 1 N–H and O–H groups in total. The molecule has 0 saturated carbocycles. The number of hydrogen-bond donors (Lipinski definition) is 1. The summed E-state index contributed by atoms with van der Waals surface area (Å²) in [6.45, 7) is 10.2. The summed E-state index contributed by atoms with van der Waals surface area (Å²) < 4.78 is 4.84. The molecule has 2 aliphatic rings. The van der Waals surface area contributed by atoms with E-state index in [1.54, 1.807) is 11.8 Å². The molecule has 7 nitrogen and oxygen atoms in total. The molecule has 2 fully saturated rings. The zero-order valence-corrected chi connectivity index (χ0v) is 19.7. The lowest BCUT2D eigenvalue weighted by Crippen LogP contribution is -2.55. The number of piperidine rings is 1. The molecule has 0 aromatic heterocycles. The molecule has 0 atom stereocenters. The molecule has 0 bridgehead atoms. The van der Waals surface area contributed by atoms with E-state index in [1.165, 1.54) is 5.56 Å². The lowest BCUT2D eigenvalue weighted by Gasteiger charge is -2.44. The molecular formula is C23H33N3O4S. The Morgan fingerprint density at radius 3 is 2.32 bits per heavy atom. The fourth-order valence-corrected chi connectivity index (χ4v) is 5.56. The maximum Gasteiger partial charge on any atom is 0.325 e. The number of thioether (sulfide) groups is 1. The SMILES string of the molecule is CCOC(=O)CNC(=O)N1CCC2(CC1)SCCN2C(=O)c1ccc(C(C)(C)C)cc1. The van der Waals surface area contributed by atoms with Crippen molar-refractivity contribution in [3.63, 3.8) is 0 Å². The molecule has 0 unspecified atom stereocenters. The Bertz CT molecular complexity index is 811. The van der Waals surface area contributed by atoms with Crippen LogP contribution in [0.3, 0.4) is 0 Å². The van der Waals surface area contributed by atoms with Gasteiger partial charge in [-0.25, -0.2) is 4.79 Å². The van der Waals surface area contributed by atoms with Crippen molar-refractivity contribution in [1.29, 1.82) is 0 Å². The van der Waals surface area contributed by atoms with Crippen LogP contribution < -0.4 is 5.32 Å². The maximum atomic E-state index is 13.3. The second kappa shape index (κ2) is 9.51. The van der Waals surface area contributed by atoms with Crippen molar-refractivity contribution in [2.24, 2.45) is 0 Å². The molecule has 0 radical (unpaired) electrons. The molecule has 0 aliphatic carbocycles. The predicted molar refractivity (Wildman–Crippen MR) is 122 cm³/mol. The highest BCUT2D eigenvalue weighted by Crippen LogP contribution is 2.44. The molecule has 1 spiro atoms. The Balaban J connectivity index is 1.61. The molecule has 2 saturated heterocycles. The molecule has 1 aromatic carbocycles. The summed E-state index contributed by atoms with van der Waals surface area (Å²) in [7, 11) is 0. The number of amides is 3. The highest BCUT2D eigenvalue weighted by molar-refractivity contribution is 8.00. The van der Waals surface area contributed by atoms with Gasteiger partial charge in [0.1, 0.15) is 6.54 Å². The summed E-state index contributed by atoms with van der Waals surface area (Å²) in [6.07, 6.45) is 1.44. The van der Waals surface area contributed by atoms with E-state index in [4.69, 9.17) is 4.74 Å². The standard InChI is InChI=1S/C23H33N3O4S/c1-5-30-19(27)16-24-21(29)25-12-10-23(11-13-25)26(14-15-31-23)20(28)17-6-8-18(9-7-17)22(2,3)4/h6-9H,5,10-16H2,1-4H3,(H,24,29). The summed E-state index contributed by atoms with van der Waals surface area (Å²) in [5.74, 6) is 0.525. The van der Waals surface area contributed by atoms with Gasteiger partial charge >= 0.3 is 12.0 Å². The topological polar surface area (TPSA) is 79.0 Å². The number of nitrogens with one attached hydrogen (secondary N) is 1. The zero-order chi connectivity index (χ0) is 22.6. The number of carbonyl (C=O) groups is 3. The predicted octanol–water partition coefficient (Wildman–Crippen LogP) is 3.24. The smallest absolute Gasteiger partial charge is 0.325 e. The highest BCUT2D eigenvalue weighted by atomic mass is 32.2. The van der Waals surface area contributed by atoms with Gasteiger partial charge in [-0.2, -0.15) is 0 Å². The van der Waals surface area contributed by atoms with Gasteiger partial charge in [-0.3, -0.25) is 9.59 Å². The second-order valence-corrected chi connectivity index (χ2v) is 10.5. The van der Waals surface area contributed by atoms with E-state index in [0.717, 1.165) is 25.1 Å². The largest absolute Gasteiger partial charge is 0.465 e. The van der Waals surface area contributed by atoms with Crippen molar-refractivity contribution in [3.8, 4) is 0 Å². The van der Waals surface area contributed by atoms with Gasteiger partial charge in [0.2, 0.25) is 0 Å². The first-order valence-corrected chi connectivity index (χ1v) is 11.9. The van der Waals surface area contributed by atoms with Crippen LogP contribution in [-0.2, 0) is 14.9 Å². The molecule has 2 aliphatic heterocycles. The van der Waals surface area contributed by atoms with E-state index in [-0.39, 0.29) is 28.8 Å². The lowest BCUT2D eigenvalue weighted by atomic mass is 9.86. The average Bonchev–Trinajstić information content (AvgIpc) is 3.14. The van der Waals surface area contributed by atoms with E-state index in [0.29, 0.717) is 25.3 Å². The molecule has 3 rings (SSSR count). The molecule has 170 valence electrons. The van der Waals surface area contributed by atoms with Gasteiger partial charge in [0.15, 0.2) is 0 Å². The fourth-order valence-electron chi connectivity index (χ4n) is 4.11. The number of ether oxygens (including phenoxy) is 1. The van der Waals surface area contributed by atoms with Crippen LogP contribution in [0.25, 0.3) is 0 Å². The summed E-state index contributed by atoms with van der Waals surface area (Å²) in [5, 5.41) is 2.62. The second-order valence-electron chi connectivity index (χ2n) is 9.03. The first-order valence-electron chi connectivity index (χ1n) is 10.9. The van der Waals surface area contributed by atoms with Crippen LogP contribution >= 0.6 is 11.8 Å². The molecule has 8 heteroatoms. The molecule has 1 aromatic rings. The Labute approximate surface area is 188 Å². The van der Waals surface area contributed by atoms with Crippen molar-refractivity contribution < 1.29 is 19.1 Å². The number of rotatable bonds is 4. The Kier molecular flexibility index (Phi) is 7.19. The minimum absolute atomic E-state index is 0.0486. The van der Waals surface area contributed by atoms with E-state index >= 15 is 0 Å². The number of benzene rings is 1. The van der Waals surface area contributed by atoms with E-state index in [9.17, 15) is 14.4 Å². The number of likely N-dealkylation sites (tertiary alicyclic amines) is 1. The first-order chi connectivity index (χ1) is 14.7. The van der Waals surface area contributed by atoms with Crippen molar-refractivity contribution >= 4 is 29.7 Å². The fraction of sp³-hybridized carbons (Fsp3) is 0.609. The van der Waals surface area contributed by atoms with Gasteiger partial charge in [-0.15, -0.1) is 11.8 Å². The minimum Gasteiger partial charge on any atom is -0.465 e. The average molecular weight is 448 g/mol. The Morgan fingerprint density at radius 1 is 1.10 bits per heavy atom. The van der Waals surface area contributed by atoms with Crippen LogP contribution in [0.5, 0.6) is 0 Å². The van der Waals surface area contributed by atoms with Crippen molar-refractivity contribution in [1.82, 2.24) is 15.1 Å². The monoisotopic (exact) mass is 447 g/mol. The summed E-state index contributed by atoms with van der Waals surface area (Å²) in [4.78, 5) is 40.6. The van der Waals surface area contributed by atoms with Crippen LogP contribution in [0, 0.1) is 0 Å². The number of carbonyl (C=O) groups excluding carboxylic acids is 3. The van der Waals surface area contributed by atoms with Crippen LogP contribution in [0.1, 0.15) is 56.5 Å². The summed E-state index contributed by atoms with van der Waals surface area (Å²) >= 11 is 1.82. The number of urea groups is 1. The quantitative estimate of drug-likeness (QED) is 0.717. The molecular weight excluding hydrogens is 414 g/mol. The van der Waals surface area contributed by atoms with Gasteiger partial charge in [0.05, 0.1) is 11.5 Å². The summed E-state index contributed by atoms with van der Waals surface area (Å²) in [6, 6.07) is 7.68. The van der Waals surface area contributed by atoms with Gasteiger partial charge in [-0.05, 0) is 42.9 Å². The van der Waals surface area contributed by atoms with Gasteiger partial charge in [0.25, 0.3) is 5.91 Å². The number of esters is 1. The van der Waals surface area contributed by atoms with Gasteiger partial charge in [0, 0.05) is 31.0 Å².